The fourth-order valence-electron chi connectivity index (χ4n) is 2.06. The largest absolute Gasteiger partial charge is 0.356 e. The normalized spacial score (nSPS) is 11.1. The van der Waals surface area contributed by atoms with Crippen molar-refractivity contribution in [2.24, 2.45) is 12.0 Å². The van der Waals surface area contributed by atoms with E-state index < -0.39 is 0 Å². The van der Waals surface area contributed by atoms with Crippen molar-refractivity contribution in [3.8, 4) is 0 Å². The van der Waals surface area contributed by atoms with Gasteiger partial charge in [-0.05, 0) is 30.5 Å². The summed E-state index contributed by atoms with van der Waals surface area (Å²) in [5.74, 6) is 1.33. The SMILES string of the molecule is CN=C(NCCCc1ccc(Br)cc1F)NCc1nncn1C.I. The summed E-state index contributed by atoms with van der Waals surface area (Å²) in [6.07, 6.45) is 3.13. The summed E-state index contributed by atoms with van der Waals surface area (Å²) >= 11 is 3.26. The molecule has 0 aliphatic carbocycles. The second kappa shape index (κ2) is 10.6. The summed E-state index contributed by atoms with van der Waals surface area (Å²) in [5, 5.41) is 14.2. The van der Waals surface area contributed by atoms with Crippen molar-refractivity contribution in [3.05, 3.63) is 46.2 Å². The topological polar surface area (TPSA) is 67.1 Å². The van der Waals surface area contributed by atoms with E-state index in [2.05, 4.69) is 41.8 Å². The molecule has 0 bridgehead atoms. The van der Waals surface area contributed by atoms with Crippen LogP contribution in [0.2, 0.25) is 0 Å². The quantitative estimate of drug-likeness (QED) is 0.271. The van der Waals surface area contributed by atoms with Gasteiger partial charge in [0.2, 0.25) is 0 Å². The van der Waals surface area contributed by atoms with E-state index >= 15 is 0 Å². The van der Waals surface area contributed by atoms with Crippen LogP contribution in [0.4, 0.5) is 4.39 Å². The zero-order valence-corrected chi connectivity index (χ0v) is 17.5. The molecule has 2 aromatic rings. The Morgan fingerprint density at radius 1 is 1.38 bits per heavy atom. The first-order valence-electron chi connectivity index (χ1n) is 7.31. The third-order valence-corrected chi connectivity index (χ3v) is 3.87. The van der Waals surface area contributed by atoms with Gasteiger partial charge in [0, 0.05) is 25.1 Å². The maximum absolute atomic E-state index is 13.7. The molecule has 0 radical (unpaired) electrons. The van der Waals surface area contributed by atoms with Crippen molar-refractivity contribution in [1.29, 1.82) is 0 Å². The zero-order valence-electron chi connectivity index (χ0n) is 13.6. The Morgan fingerprint density at radius 3 is 2.79 bits per heavy atom. The lowest BCUT2D eigenvalue weighted by Gasteiger charge is -2.11. The van der Waals surface area contributed by atoms with Crippen LogP contribution >= 0.6 is 39.9 Å². The minimum Gasteiger partial charge on any atom is -0.356 e. The number of nitrogens with zero attached hydrogens (tertiary/aromatic N) is 4. The summed E-state index contributed by atoms with van der Waals surface area (Å²) in [4.78, 5) is 4.15. The summed E-state index contributed by atoms with van der Waals surface area (Å²) in [5.41, 5.74) is 0.719. The second-order valence-corrected chi connectivity index (χ2v) is 5.97. The molecule has 0 saturated carbocycles. The molecule has 6 nitrogen and oxygen atoms in total. The standard InChI is InChI=1S/C15H20BrFN6.HI/c1-18-15(20-9-14-22-21-10-23(14)2)19-7-3-4-11-5-6-12(16)8-13(11)17;/h5-6,8,10H,3-4,7,9H2,1-2H3,(H2,18,19,20);1H. The Balaban J connectivity index is 0.00000288. The van der Waals surface area contributed by atoms with Gasteiger partial charge in [0.05, 0.1) is 6.54 Å². The molecule has 0 aliphatic heterocycles. The van der Waals surface area contributed by atoms with Crippen LogP contribution in [0.1, 0.15) is 17.8 Å². The summed E-state index contributed by atoms with van der Waals surface area (Å²) < 4.78 is 16.3. The number of halogens is 3. The van der Waals surface area contributed by atoms with E-state index in [1.165, 1.54) is 6.07 Å². The Kier molecular flexibility index (Phi) is 9.19. The Morgan fingerprint density at radius 2 is 2.17 bits per heavy atom. The van der Waals surface area contributed by atoms with Gasteiger partial charge < -0.3 is 15.2 Å². The first-order chi connectivity index (χ1) is 11.1. The van der Waals surface area contributed by atoms with Crippen molar-refractivity contribution < 1.29 is 4.39 Å². The van der Waals surface area contributed by atoms with Crippen molar-refractivity contribution in [2.45, 2.75) is 19.4 Å². The van der Waals surface area contributed by atoms with Gasteiger partial charge in [-0.3, -0.25) is 4.99 Å². The molecule has 2 rings (SSSR count). The number of aryl methyl sites for hydroxylation is 2. The van der Waals surface area contributed by atoms with E-state index in [0.717, 1.165) is 22.3 Å². The van der Waals surface area contributed by atoms with Gasteiger partial charge in [-0.25, -0.2) is 4.39 Å². The van der Waals surface area contributed by atoms with Gasteiger partial charge in [-0.15, -0.1) is 34.2 Å². The maximum Gasteiger partial charge on any atom is 0.191 e. The van der Waals surface area contributed by atoms with Crippen LogP contribution in [0.3, 0.4) is 0 Å². The molecule has 9 heteroatoms. The average Bonchev–Trinajstić information content (AvgIpc) is 2.93. The third kappa shape index (κ3) is 6.34. The number of aromatic nitrogens is 3. The highest BCUT2D eigenvalue weighted by Gasteiger charge is 2.04. The van der Waals surface area contributed by atoms with Gasteiger partial charge in [0.1, 0.15) is 12.1 Å². The van der Waals surface area contributed by atoms with Gasteiger partial charge in [-0.1, -0.05) is 22.0 Å². The molecule has 0 aliphatic rings. The Labute approximate surface area is 166 Å². The third-order valence-electron chi connectivity index (χ3n) is 3.37. The van der Waals surface area contributed by atoms with Gasteiger partial charge in [-0.2, -0.15) is 0 Å². The van der Waals surface area contributed by atoms with Crippen LogP contribution in [0.15, 0.2) is 34.0 Å². The Bertz CT molecular complexity index is 676. The van der Waals surface area contributed by atoms with E-state index in [0.29, 0.717) is 25.5 Å². The number of rotatable bonds is 6. The van der Waals surface area contributed by atoms with E-state index in [-0.39, 0.29) is 29.8 Å². The van der Waals surface area contributed by atoms with Crippen molar-refractivity contribution in [1.82, 2.24) is 25.4 Å². The highest BCUT2D eigenvalue weighted by molar-refractivity contribution is 14.0. The minimum absolute atomic E-state index is 0. The van der Waals surface area contributed by atoms with E-state index in [1.807, 2.05) is 17.7 Å². The molecule has 24 heavy (non-hydrogen) atoms. The molecule has 0 unspecified atom stereocenters. The fourth-order valence-corrected chi connectivity index (χ4v) is 2.39. The number of benzene rings is 1. The monoisotopic (exact) mass is 510 g/mol. The second-order valence-electron chi connectivity index (χ2n) is 5.05. The predicted octanol–water partition coefficient (Wildman–Crippen LogP) is 2.63. The van der Waals surface area contributed by atoms with Gasteiger partial charge in [0.25, 0.3) is 0 Å². The molecule has 1 aromatic heterocycles. The first-order valence-corrected chi connectivity index (χ1v) is 8.10. The number of hydrogen-bond donors (Lipinski definition) is 2. The highest BCUT2D eigenvalue weighted by atomic mass is 127. The molecule has 2 N–H and O–H groups in total. The molecule has 0 saturated heterocycles. The summed E-state index contributed by atoms with van der Waals surface area (Å²) in [6, 6.07) is 5.15. The average molecular weight is 511 g/mol. The van der Waals surface area contributed by atoms with E-state index in [4.69, 9.17) is 0 Å². The molecular formula is C15H21BrFIN6. The molecular weight excluding hydrogens is 490 g/mol. The van der Waals surface area contributed by atoms with Crippen LogP contribution < -0.4 is 10.6 Å². The Hall–Kier alpha value is -1.23. The van der Waals surface area contributed by atoms with Crippen LogP contribution in [0.5, 0.6) is 0 Å². The molecule has 0 amide bonds. The van der Waals surface area contributed by atoms with E-state index in [9.17, 15) is 4.39 Å². The van der Waals surface area contributed by atoms with Crippen molar-refractivity contribution >= 4 is 45.9 Å². The number of hydrogen-bond acceptors (Lipinski definition) is 3. The van der Waals surface area contributed by atoms with Crippen molar-refractivity contribution in [2.75, 3.05) is 13.6 Å². The lowest BCUT2D eigenvalue weighted by Crippen LogP contribution is -2.37. The molecule has 0 spiro atoms. The minimum atomic E-state index is -0.177. The first kappa shape index (κ1) is 20.8. The number of guanidine groups is 1. The van der Waals surface area contributed by atoms with Gasteiger partial charge in [0.15, 0.2) is 11.8 Å². The molecule has 0 fully saturated rings. The maximum atomic E-state index is 13.7. The zero-order chi connectivity index (χ0) is 16.7. The lowest BCUT2D eigenvalue weighted by atomic mass is 10.1. The fraction of sp³-hybridized carbons (Fsp3) is 0.400. The highest BCUT2D eigenvalue weighted by Crippen LogP contribution is 2.16. The molecule has 0 atom stereocenters. The predicted molar refractivity (Wildman–Crippen MR) is 107 cm³/mol. The van der Waals surface area contributed by atoms with E-state index in [1.54, 1.807) is 19.4 Å². The number of aliphatic imine (C=N–C) groups is 1. The van der Waals surface area contributed by atoms with Crippen molar-refractivity contribution in [3.63, 3.8) is 0 Å². The smallest absolute Gasteiger partial charge is 0.191 e. The molecule has 132 valence electrons. The van der Waals surface area contributed by atoms with Crippen LogP contribution in [-0.4, -0.2) is 34.3 Å². The van der Waals surface area contributed by atoms with Crippen LogP contribution in [0, 0.1) is 5.82 Å². The summed E-state index contributed by atoms with van der Waals surface area (Å²) in [6.45, 7) is 1.24. The van der Waals surface area contributed by atoms with Crippen LogP contribution in [-0.2, 0) is 20.0 Å². The summed E-state index contributed by atoms with van der Waals surface area (Å²) in [7, 11) is 3.60. The molecule has 1 aromatic carbocycles. The lowest BCUT2D eigenvalue weighted by molar-refractivity contribution is 0.601. The van der Waals surface area contributed by atoms with Crippen LogP contribution in [0.25, 0.3) is 0 Å². The number of nitrogens with one attached hydrogen (secondary N) is 2. The molecule has 1 heterocycles. The van der Waals surface area contributed by atoms with Gasteiger partial charge >= 0.3 is 0 Å².